The van der Waals surface area contributed by atoms with Crippen molar-refractivity contribution in [3.8, 4) is 5.75 Å². The highest BCUT2D eigenvalue weighted by Gasteiger charge is 2.32. The molecule has 0 saturated heterocycles. The Morgan fingerprint density at radius 3 is 2.76 bits per heavy atom. The predicted molar refractivity (Wildman–Crippen MR) is 71.8 cm³/mol. The fraction of sp³-hybridized carbons (Fsp3) is 0.571. The molecule has 2 rings (SSSR count). The number of ether oxygens (including phenoxy) is 1. The molecule has 2 nitrogen and oxygen atoms in total. The zero-order chi connectivity index (χ0) is 12.3. The number of halogens is 1. The molecule has 0 heterocycles. The Morgan fingerprint density at radius 2 is 2.18 bits per heavy atom. The molecule has 0 spiro atoms. The number of benzene rings is 1. The van der Waals surface area contributed by atoms with Crippen molar-refractivity contribution in [2.45, 2.75) is 25.4 Å². The van der Waals surface area contributed by atoms with E-state index >= 15 is 0 Å². The topological polar surface area (TPSA) is 12.5 Å². The zero-order valence-corrected chi connectivity index (χ0v) is 11.3. The lowest BCUT2D eigenvalue weighted by atomic mass is 10.1. The Bertz CT molecular complexity index is 363. The third-order valence-electron chi connectivity index (χ3n) is 3.09. The van der Waals surface area contributed by atoms with Crippen LogP contribution in [0.2, 0.25) is 5.02 Å². The standard InChI is InChI=1S/C14H20ClNO/c1-16(2)9-8-14(11-6-7-11)17-13-5-3-4-12(15)10-13/h3-5,10-11,14H,6-9H2,1-2H3. The lowest BCUT2D eigenvalue weighted by molar-refractivity contribution is 0.155. The van der Waals surface area contributed by atoms with Crippen molar-refractivity contribution >= 4 is 11.6 Å². The van der Waals surface area contributed by atoms with E-state index in [0.717, 1.165) is 29.7 Å². The van der Waals surface area contributed by atoms with Gasteiger partial charge in [0.25, 0.3) is 0 Å². The summed E-state index contributed by atoms with van der Waals surface area (Å²) in [6.07, 6.45) is 4.04. The van der Waals surface area contributed by atoms with Gasteiger partial charge < -0.3 is 9.64 Å². The van der Waals surface area contributed by atoms with Crippen LogP contribution in [0.5, 0.6) is 5.75 Å². The van der Waals surface area contributed by atoms with E-state index in [0.29, 0.717) is 6.10 Å². The molecule has 1 aromatic rings. The molecule has 3 heteroatoms. The largest absolute Gasteiger partial charge is 0.490 e. The highest BCUT2D eigenvalue weighted by atomic mass is 35.5. The first-order valence-electron chi connectivity index (χ1n) is 6.22. The Hall–Kier alpha value is -0.730. The van der Waals surface area contributed by atoms with E-state index in [9.17, 15) is 0 Å². The van der Waals surface area contributed by atoms with E-state index in [4.69, 9.17) is 16.3 Å². The van der Waals surface area contributed by atoms with Crippen LogP contribution in [-0.4, -0.2) is 31.6 Å². The monoisotopic (exact) mass is 253 g/mol. The molecular weight excluding hydrogens is 234 g/mol. The maximum atomic E-state index is 6.06. The van der Waals surface area contributed by atoms with Crippen molar-refractivity contribution in [2.75, 3.05) is 20.6 Å². The SMILES string of the molecule is CN(C)CCC(Oc1cccc(Cl)c1)C1CC1. The maximum absolute atomic E-state index is 6.06. The van der Waals surface area contributed by atoms with Gasteiger partial charge in [-0.15, -0.1) is 0 Å². The van der Waals surface area contributed by atoms with Crippen LogP contribution in [0.4, 0.5) is 0 Å². The molecule has 0 aromatic heterocycles. The molecule has 1 aromatic carbocycles. The Balaban J connectivity index is 1.93. The molecule has 1 unspecified atom stereocenters. The molecule has 0 radical (unpaired) electrons. The van der Waals surface area contributed by atoms with E-state index in [1.165, 1.54) is 12.8 Å². The molecule has 1 saturated carbocycles. The van der Waals surface area contributed by atoms with Crippen molar-refractivity contribution in [2.24, 2.45) is 5.92 Å². The van der Waals surface area contributed by atoms with Crippen molar-refractivity contribution in [1.29, 1.82) is 0 Å². The minimum atomic E-state index is 0.343. The predicted octanol–water partition coefficient (Wildman–Crippen LogP) is 3.45. The van der Waals surface area contributed by atoms with E-state index in [-0.39, 0.29) is 0 Å². The highest BCUT2D eigenvalue weighted by Crippen LogP contribution is 2.36. The summed E-state index contributed by atoms with van der Waals surface area (Å²) in [4.78, 5) is 2.21. The smallest absolute Gasteiger partial charge is 0.121 e. The summed E-state index contributed by atoms with van der Waals surface area (Å²) in [5.41, 5.74) is 0. The summed E-state index contributed by atoms with van der Waals surface area (Å²) in [6.45, 7) is 1.07. The van der Waals surface area contributed by atoms with Gasteiger partial charge in [0.2, 0.25) is 0 Å². The third kappa shape index (κ3) is 4.21. The number of nitrogens with zero attached hydrogens (tertiary/aromatic N) is 1. The molecule has 1 fully saturated rings. The van der Waals surface area contributed by atoms with Crippen LogP contribution in [0.1, 0.15) is 19.3 Å². The molecule has 0 amide bonds. The lowest BCUT2D eigenvalue weighted by Gasteiger charge is -2.20. The van der Waals surface area contributed by atoms with E-state index in [2.05, 4.69) is 19.0 Å². The molecule has 0 bridgehead atoms. The molecule has 1 aliphatic carbocycles. The van der Waals surface area contributed by atoms with Crippen LogP contribution in [0.25, 0.3) is 0 Å². The fourth-order valence-corrected chi connectivity index (χ4v) is 2.14. The van der Waals surface area contributed by atoms with Gasteiger partial charge in [-0.2, -0.15) is 0 Å². The van der Waals surface area contributed by atoms with Gasteiger partial charge in [0, 0.05) is 11.6 Å². The van der Waals surface area contributed by atoms with Gasteiger partial charge in [-0.05, 0) is 57.5 Å². The van der Waals surface area contributed by atoms with Gasteiger partial charge in [-0.25, -0.2) is 0 Å². The number of hydrogen-bond donors (Lipinski definition) is 0. The van der Waals surface area contributed by atoms with Gasteiger partial charge in [-0.3, -0.25) is 0 Å². The van der Waals surface area contributed by atoms with Crippen LogP contribution >= 0.6 is 11.6 Å². The van der Waals surface area contributed by atoms with Gasteiger partial charge >= 0.3 is 0 Å². The first-order valence-corrected chi connectivity index (χ1v) is 6.60. The summed E-state index contributed by atoms with van der Waals surface area (Å²) in [7, 11) is 4.20. The lowest BCUT2D eigenvalue weighted by Crippen LogP contribution is -2.25. The summed E-state index contributed by atoms with van der Waals surface area (Å²) in [6, 6.07) is 7.69. The van der Waals surface area contributed by atoms with Crippen molar-refractivity contribution in [3.63, 3.8) is 0 Å². The van der Waals surface area contributed by atoms with Crippen molar-refractivity contribution in [3.05, 3.63) is 29.3 Å². The van der Waals surface area contributed by atoms with Gasteiger partial charge in [0.05, 0.1) is 0 Å². The quantitative estimate of drug-likeness (QED) is 0.770. The van der Waals surface area contributed by atoms with Gasteiger partial charge in [0.15, 0.2) is 0 Å². The summed E-state index contributed by atoms with van der Waals surface area (Å²) >= 11 is 5.96. The average Bonchev–Trinajstić information content (AvgIpc) is 3.07. The summed E-state index contributed by atoms with van der Waals surface area (Å²) < 4.78 is 6.06. The minimum absolute atomic E-state index is 0.343. The molecule has 1 aliphatic rings. The zero-order valence-electron chi connectivity index (χ0n) is 10.5. The second-order valence-corrected chi connectivity index (χ2v) is 5.48. The van der Waals surface area contributed by atoms with Gasteiger partial charge in [-0.1, -0.05) is 17.7 Å². The Labute approximate surface area is 109 Å². The van der Waals surface area contributed by atoms with E-state index in [1.807, 2.05) is 24.3 Å². The van der Waals surface area contributed by atoms with Gasteiger partial charge in [0.1, 0.15) is 11.9 Å². The maximum Gasteiger partial charge on any atom is 0.121 e. The normalized spacial score (nSPS) is 17.2. The second kappa shape index (κ2) is 5.74. The molecule has 17 heavy (non-hydrogen) atoms. The minimum Gasteiger partial charge on any atom is -0.490 e. The van der Waals surface area contributed by atoms with Crippen LogP contribution in [0, 0.1) is 5.92 Å². The Morgan fingerprint density at radius 1 is 1.41 bits per heavy atom. The molecule has 1 atom stereocenters. The van der Waals surface area contributed by atoms with Crippen LogP contribution in [0.3, 0.4) is 0 Å². The first kappa shape index (κ1) is 12.7. The van der Waals surface area contributed by atoms with Crippen LogP contribution in [0.15, 0.2) is 24.3 Å². The highest BCUT2D eigenvalue weighted by molar-refractivity contribution is 6.30. The van der Waals surface area contributed by atoms with Crippen molar-refractivity contribution < 1.29 is 4.74 Å². The van der Waals surface area contributed by atoms with Crippen LogP contribution in [-0.2, 0) is 0 Å². The number of hydrogen-bond acceptors (Lipinski definition) is 2. The molecule has 0 aliphatic heterocycles. The Kier molecular flexibility index (Phi) is 4.30. The fourth-order valence-electron chi connectivity index (χ4n) is 1.96. The first-order chi connectivity index (χ1) is 8.15. The van der Waals surface area contributed by atoms with E-state index in [1.54, 1.807) is 0 Å². The summed E-state index contributed by atoms with van der Waals surface area (Å²) in [5.74, 6) is 1.64. The van der Waals surface area contributed by atoms with Crippen LogP contribution < -0.4 is 4.74 Å². The number of rotatable bonds is 6. The van der Waals surface area contributed by atoms with E-state index < -0.39 is 0 Å². The molecular formula is C14H20ClNO. The summed E-state index contributed by atoms with van der Waals surface area (Å²) in [5, 5.41) is 0.740. The van der Waals surface area contributed by atoms with Crippen molar-refractivity contribution in [1.82, 2.24) is 4.90 Å². The average molecular weight is 254 g/mol. The molecule has 94 valence electrons. The third-order valence-corrected chi connectivity index (χ3v) is 3.33. The molecule has 0 N–H and O–H groups in total. The second-order valence-electron chi connectivity index (χ2n) is 5.04.